The van der Waals surface area contributed by atoms with Gasteiger partial charge in [-0.1, -0.05) is 12.2 Å². The molecule has 1 atom stereocenters. The minimum Gasteiger partial charge on any atom is -0.393 e. The quantitative estimate of drug-likeness (QED) is 0.650. The third kappa shape index (κ3) is 2.93. The Balaban J connectivity index is 2.37. The van der Waals surface area contributed by atoms with E-state index in [1.54, 1.807) is 12.0 Å². The molecule has 0 aromatic heterocycles. The summed E-state index contributed by atoms with van der Waals surface area (Å²) in [5.41, 5.74) is 5.28. The molecule has 1 fully saturated rings. The average molecular weight is 202 g/mol. The van der Waals surface area contributed by atoms with Gasteiger partial charge in [-0.3, -0.25) is 4.79 Å². The summed E-state index contributed by atoms with van der Waals surface area (Å²) in [4.78, 5) is 13.4. The second kappa shape index (κ2) is 4.53. The Labute approximate surface area is 83.0 Å². The first-order valence-corrected chi connectivity index (χ1v) is 4.63. The fraction of sp³-hybridized carbons (Fsp3) is 0.750. The molecule has 0 aliphatic carbocycles. The molecule has 0 bridgehead atoms. The van der Waals surface area contributed by atoms with Gasteiger partial charge in [0, 0.05) is 20.2 Å². The maximum Gasteiger partial charge on any atom is 0.229 e. The van der Waals surface area contributed by atoms with E-state index in [2.05, 4.69) is 12.2 Å². The molecule has 74 valence electrons. The molecule has 1 heterocycles. The zero-order chi connectivity index (χ0) is 9.84. The van der Waals surface area contributed by atoms with Crippen molar-refractivity contribution in [1.82, 2.24) is 4.90 Å². The molecule has 4 nitrogen and oxygen atoms in total. The second-order valence-corrected chi connectivity index (χ2v) is 3.65. The molecule has 1 saturated heterocycles. The lowest BCUT2D eigenvalue weighted by Crippen LogP contribution is -2.32. The Morgan fingerprint density at radius 2 is 2.46 bits per heavy atom. The van der Waals surface area contributed by atoms with Crippen molar-refractivity contribution in [2.75, 3.05) is 20.2 Å². The maximum absolute atomic E-state index is 11.4. The molecule has 1 amide bonds. The molecule has 0 spiro atoms. The summed E-state index contributed by atoms with van der Waals surface area (Å²) in [5.74, 6) is 0.00653. The van der Waals surface area contributed by atoms with Crippen LogP contribution in [0.3, 0.4) is 0 Å². The Bertz CT molecular complexity index is 220. The third-order valence-corrected chi connectivity index (χ3v) is 2.30. The molecule has 0 aromatic rings. The first-order valence-electron chi connectivity index (χ1n) is 4.22. The van der Waals surface area contributed by atoms with Gasteiger partial charge >= 0.3 is 0 Å². The van der Waals surface area contributed by atoms with Crippen molar-refractivity contribution in [3.63, 3.8) is 0 Å². The van der Waals surface area contributed by atoms with Crippen LogP contribution in [0.2, 0.25) is 0 Å². The predicted molar refractivity (Wildman–Crippen MR) is 53.4 cm³/mol. The highest BCUT2D eigenvalue weighted by Gasteiger charge is 2.25. The van der Waals surface area contributed by atoms with Crippen LogP contribution in [0.1, 0.15) is 12.8 Å². The van der Waals surface area contributed by atoms with Gasteiger partial charge in [0.15, 0.2) is 0 Å². The summed E-state index contributed by atoms with van der Waals surface area (Å²) in [6.45, 7) is 1.41. The van der Waals surface area contributed by atoms with Crippen LogP contribution >= 0.6 is 12.2 Å². The monoisotopic (exact) mass is 202 g/mol. The minimum atomic E-state index is 0.00653. The Hall–Kier alpha value is -0.680. The van der Waals surface area contributed by atoms with Gasteiger partial charge in [0.05, 0.1) is 17.5 Å². The molecule has 13 heavy (non-hydrogen) atoms. The number of carbonyl (C=O) groups excluding carboxylic acids is 1. The first kappa shape index (κ1) is 10.4. The van der Waals surface area contributed by atoms with Crippen molar-refractivity contribution in [1.29, 1.82) is 0 Å². The predicted octanol–water partition coefficient (Wildman–Crippen LogP) is -0.0901. The smallest absolute Gasteiger partial charge is 0.229 e. The summed E-state index contributed by atoms with van der Waals surface area (Å²) in [5, 5.41) is 0. The number of likely N-dealkylation sites (tertiary alicyclic amines) is 1. The lowest BCUT2D eigenvalue weighted by Gasteiger charge is -2.15. The number of ether oxygens (including phenoxy) is 1. The van der Waals surface area contributed by atoms with E-state index in [0.717, 1.165) is 13.0 Å². The SMILES string of the molecule is COC1CCN(C(=O)CC(N)=S)C1. The van der Waals surface area contributed by atoms with Crippen LogP contribution in [-0.2, 0) is 9.53 Å². The maximum atomic E-state index is 11.4. The zero-order valence-corrected chi connectivity index (χ0v) is 8.47. The Morgan fingerprint density at radius 3 is 2.92 bits per heavy atom. The standard InChI is InChI=1S/C8H14N2O2S/c1-12-6-2-3-10(5-6)8(11)4-7(9)13/h6H,2-5H2,1H3,(H2,9,13). The molecule has 0 radical (unpaired) electrons. The van der Waals surface area contributed by atoms with Gasteiger partial charge in [0.25, 0.3) is 0 Å². The van der Waals surface area contributed by atoms with Gasteiger partial charge < -0.3 is 15.4 Å². The molecule has 1 aliphatic rings. The van der Waals surface area contributed by atoms with E-state index in [4.69, 9.17) is 10.5 Å². The van der Waals surface area contributed by atoms with Gasteiger partial charge in [-0.25, -0.2) is 0 Å². The fourth-order valence-corrected chi connectivity index (χ4v) is 1.53. The van der Waals surface area contributed by atoms with Gasteiger partial charge in [0.2, 0.25) is 5.91 Å². The van der Waals surface area contributed by atoms with E-state index >= 15 is 0 Å². The molecule has 2 N–H and O–H groups in total. The van der Waals surface area contributed by atoms with Crippen molar-refractivity contribution in [3.05, 3.63) is 0 Å². The van der Waals surface area contributed by atoms with Gasteiger partial charge in [-0.15, -0.1) is 0 Å². The van der Waals surface area contributed by atoms with Gasteiger partial charge in [0.1, 0.15) is 0 Å². The summed E-state index contributed by atoms with van der Waals surface area (Å²) >= 11 is 4.66. The van der Waals surface area contributed by atoms with Crippen molar-refractivity contribution < 1.29 is 9.53 Å². The highest BCUT2D eigenvalue weighted by Crippen LogP contribution is 2.12. The number of thiocarbonyl (C=S) groups is 1. The summed E-state index contributed by atoms with van der Waals surface area (Å²) in [6.07, 6.45) is 1.25. The third-order valence-electron chi connectivity index (χ3n) is 2.16. The summed E-state index contributed by atoms with van der Waals surface area (Å²) < 4.78 is 5.14. The first-order chi connectivity index (χ1) is 6.13. The lowest BCUT2D eigenvalue weighted by atomic mass is 10.3. The summed E-state index contributed by atoms with van der Waals surface area (Å²) in [7, 11) is 1.66. The molecule has 0 aromatic carbocycles. The van der Waals surface area contributed by atoms with Crippen LogP contribution in [-0.4, -0.2) is 42.1 Å². The lowest BCUT2D eigenvalue weighted by molar-refractivity contribution is -0.129. The molecule has 0 saturated carbocycles. The molecule has 1 rings (SSSR count). The largest absolute Gasteiger partial charge is 0.393 e. The van der Waals surface area contributed by atoms with Crippen LogP contribution in [0.5, 0.6) is 0 Å². The number of nitrogens with two attached hydrogens (primary N) is 1. The van der Waals surface area contributed by atoms with E-state index in [9.17, 15) is 4.79 Å². The molecular formula is C8H14N2O2S. The van der Waals surface area contributed by atoms with E-state index in [1.165, 1.54) is 0 Å². The number of amides is 1. The second-order valence-electron chi connectivity index (χ2n) is 3.13. The van der Waals surface area contributed by atoms with Crippen molar-refractivity contribution in [2.45, 2.75) is 18.9 Å². The van der Waals surface area contributed by atoms with Gasteiger partial charge in [-0.2, -0.15) is 0 Å². The van der Waals surface area contributed by atoms with Crippen molar-refractivity contribution in [2.24, 2.45) is 5.73 Å². The number of rotatable bonds is 3. The van der Waals surface area contributed by atoms with Crippen LogP contribution in [0.4, 0.5) is 0 Å². The minimum absolute atomic E-state index is 0.00653. The van der Waals surface area contributed by atoms with Crippen LogP contribution < -0.4 is 5.73 Å². The van der Waals surface area contributed by atoms with Crippen molar-refractivity contribution in [3.8, 4) is 0 Å². The Morgan fingerprint density at radius 1 is 1.77 bits per heavy atom. The topological polar surface area (TPSA) is 55.6 Å². The van der Waals surface area contributed by atoms with Crippen LogP contribution in [0, 0.1) is 0 Å². The number of carbonyl (C=O) groups is 1. The van der Waals surface area contributed by atoms with E-state index in [0.29, 0.717) is 6.54 Å². The summed E-state index contributed by atoms with van der Waals surface area (Å²) in [6, 6.07) is 0. The average Bonchev–Trinajstić information content (AvgIpc) is 2.50. The van der Waals surface area contributed by atoms with Crippen LogP contribution in [0.15, 0.2) is 0 Å². The number of hydrogen-bond donors (Lipinski definition) is 1. The number of hydrogen-bond acceptors (Lipinski definition) is 3. The molecule has 5 heteroatoms. The van der Waals surface area contributed by atoms with Crippen molar-refractivity contribution >= 4 is 23.1 Å². The molecule has 1 aliphatic heterocycles. The highest BCUT2D eigenvalue weighted by molar-refractivity contribution is 7.80. The highest BCUT2D eigenvalue weighted by atomic mass is 32.1. The van der Waals surface area contributed by atoms with E-state index in [-0.39, 0.29) is 23.4 Å². The zero-order valence-electron chi connectivity index (χ0n) is 7.66. The normalized spacial score (nSPS) is 21.9. The Kier molecular flexibility index (Phi) is 3.62. The number of nitrogens with zero attached hydrogens (tertiary/aromatic N) is 1. The van der Waals surface area contributed by atoms with Gasteiger partial charge in [-0.05, 0) is 6.42 Å². The molecular weight excluding hydrogens is 188 g/mol. The van der Waals surface area contributed by atoms with Crippen LogP contribution in [0.25, 0.3) is 0 Å². The van der Waals surface area contributed by atoms with E-state index in [1.807, 2.05) is 0 Å². The van der Waals surface area contributed by atoms with E-state index < -0.39 is 0 Å². The number of methoxy groups -OCH3 is 1. The molecule has 1 unspecified atom stereocenters. The fourth-order valence-electron chi connectivity index (χ4n) is 1.41.